The maximum absolute atomic E-state index is 15.3. The van der Waals surface area contributed by atoms with E-state index in [2.05, 4.69) is 0 Å². The van der Waals surface area contributed by atoms with Gasteiger partial charge in [-0.25, -0.2) is 4.39 Å². The number of rotatable bonds is 7. The molecule has 0 spiro atoms. The Morgan fingerprint density at radius 2 is 1.73 bits per heavy atom. The Hall–Kier alpha value is -2.87. The van der Waals surface area contributed by atoms with Gasteiger partial charge in [0.15, 0.2) is 12.0 Å². The van der Waals surface area contributed by atoms with Crippen molar-refractivity contribution in [2.45, 2.75) is 65.0 Å². The molecule has 4 atom stereocenters. The van der Waals surface area contributed by atoms with Crippen molar-refractivity contribution in [1.29, 1.82) is 0 Å². The van der Waals surface area contributed by atoms with Crippen molar-refractivity contribution in [3.05, 3.63) is 105 Å². The molecule has 0 amide bonds. The molecule has 4 rings (SSSR count). The first-order valence-corrected chi connectivity index (χ1v) is 13.7. The molecule has 1 aliphatic carbocycles. The predicted octanol–water partition coefficient (Wildman–Crippen LogP) is 9.34. The highest BCUT2D eigenvalue weighted by atomic mass is 35.5. The molecule has 0 saturated heterocycles. The number of aliphatic hydroxyl groups excluding tert-OH is 1. The van der Waals surface area contributed by atoms with E-state index in [1.54, 1.807) is 38.1 Å². The number of hydrogen-bond donors (Lipinski definition) is 1. The van der Waals surface area contributed by atoms with E-state index in [4.69, 9.17) is 21.1 Å². The number of alkyl halides is 3. The number of benzene rings is 3. The number of fused-ring (bicyclic) bond motifs is 1. The highest BCUT2D eigenvalue weighted by Crippen LogP contribution is 2.44. The standard InChI is InChI=1S/C32H33ClF4O3/c1-18(2)39-31(38)22-13-14-23(28(34)17-22)20(4)25-16-21-8-5-6-9-24(21)29(15-12-19(25)3)40-30-26(32(35,36)37)10-7-11-27(30)33/h5-11,13-15,17-20,25,31,38H,12,16H2,1-4H3. The fourth-order valence-corrected chi connectivity index (χ4v) is 5.53. The summed E-state index contributed by atoms with van der Waals surface area (Å²) in [5.41, 5.74) is 1.49. The molecular formula is C32H33ClF4O3. The Morgan fingerprint density at radius 1 is 1.00 bits per heavy atom. The SMILES string of the molecule is CC(C)OC(O)c1ccc(C(C)C2Cc3ccccc3C(Oc3c(Cl)cccc3C(F)(F)F)=CCC2C)c(F)c1. The lowest BCUT2D eigenvalue weighted by atomic mass is 9.73. The Bertz CT molecular complexity index is 1370. The summed E-state index contributed by atoms with van der Waals surface area (Å²) >= 11 is 6.17. The predicted molar refractivity (Wildman–Crippen MR) is 148 cm³/mol. The van der Waals surface area contributed by atoms with E-state index in [1.807, 2.05) is 32.0 Å². The molecule has 0 fully saturated rings. The lowest BCUT2D eigenvalue weighted by molar-refractivity contribution is -0.138. The highest BCUT2D eigenvalue weighted by molar-refractivity contribution is 6.32. The van der Waals surface area contributed by atoms with Gasteiger partial charge in [-0.2, -0.15) is 13.2 Å². The van der Waals surface area contributed by atoms with Crippen LogP contribution in [-0.2, 0) is 17.3 Å². The summed E-state index contributed by atoms with van der Waals surface area (Å²) in [4.78, 5) is 0. The maximum Gasteiger partial charge on any atom is 0.420 e. The van der Waals surface area contributed by atoms with Crippen LogP contribution in [0.15, 0.2) is 66.7 Å². The molecular weight excluding hydrogens is 544 g/mol. The summed E-state index contributed by atoms with van der Waals surface area (Å²) < 4.78 is 67.8. The third-order valence-corrected chi connectivity index (χ3v) is 7.77. The summed E-state index contributed by atoms with van der Waals surface area (Å²) in [5, 5.41) is 10.1. The molecule has 0 bridgehead atoms. The minimum atomic E-state index is -4.63. The molecule has 0 saturated carbocycles. The summed E-state index contributed by atoms with van der Waals surface area (Å²) in [6.45, 7) is 7.61. The van der Waals surface area contributed by atoms with E-state index in [0.717, 1.165) is 11.6 Å². The van der Waals surface area contributed by atoms with Gasteiger partial charge in [0.1, 0.15) is 11.6 Å². The lowest BCUT2D eigenvalue weighted by Gasteiger charge is -2.33. The minimum absolute atomic E-state index is 0.0159. The fourth-order valence-electron chi connectivity index (χ4n) is 5.32. The van der Waals surface area contributed by atoms with E-state index < -0.39 is 29.6 Å². The van der Waals surface area contributed by atoms with Crippen LogP contribution >= 0.6 is 11.6 Å². The van der Waals surface area contributed by atoms with Gasteiger partial charge in [0.2, 0.25) is 0 Å². The average Bonchev–Trinajstić information content (AvgIpc) is 2.88. The van der Waals surface area contributed by atoms with Gasteiger partial charge in [0.25, 0.3) is 0 Å². The normalized spacial score (nSPS) is 19.3. The van der Waals surface area contributed by atoms with Crippen molar-refractivity contribution in [2.24, 2.45) is 11.8 Å². The van der Waals surface area contributed by atoms with Gasteiger partial charge in [0.05, 0.1) is 16.7 Å². The Balaban J connectivity index is 1.66. The molecule has 0 heterocycles. The maximum atomic E-state index is 15.3. The molecule has 214 valence electrons. The van der Waals surface area contributed by atoms with Crippen LogP contribution in [0, 0.1) is 17.7 Å². The van der Waals surface area contributed by atoms with Crippen molar-refractivity contribution in [1.82, 2.24) is 0 Å². The molecule has 4 unspecified atom stereocenters. The summed E-state index contributed by atoms with van der Waals surface area (Å²) in [6, 6.07) is 15.7. The Labute approximate surface area is 237 Å². The van der Waals surface area contributed by atoms with Gasteiger partial charge < -0.3 is 14.6 Å². The topological polar surface area (TPSA) is 38.7 Å². The van der Waals surface area contributed by atoms with Crippen molar-refractivity contribution in [3.63, 3.8) is 0 Å². The molecule has 0 aliphatic heterocycles. The van der Waals surface area contributed by atoms with Crippen LogP contribution < -0.4 is 4.74 Å². The number of aliphatic hydroxyl groups is 1. The van der Waals surface area contributed by atoms with Gasteiger partial charge in [0, 0.05) is 11.1 Å². The molecule has 8 heteroatoms. The summed E-state index contributed by atoms with van der Waals surface area (Å²) in [7, 11) is 0. The van der Waals surface area contributed by atoms with Crippen molar-refractivity contribution in [3.8, 4) is 5.75 Å². The van der Waals surface area contributed by atoms with Crippen LogP contribution in [0.3, 0.4) is 0 Å². The molecule has 3 nitrogen and oxygen atoms in total. The second kappa shape index (κ2) is 12.3. The number of halogens is 5. The third kappa shape index (κ3) is 6.70. The Kier molecular flexibility index (Phi) is 9.28. The minimum Gasteiger partial charge on any atom is -0.455 e. The van der Waals surface area contributed by atoms with Gasteiger partial charge >= 0.3 is 6.18 Å². The molecule has 3 aromatic carbocycles. The summed E-state index contributed by atoms with van der Waals surface area (Å²) in [5.74, 6) is -0.664. The number of hydrogen-bond acceptors (Lipinski definition) is 3. The first kappa shape index (κ1) is 30.1. The zero-order valence-electron chi connectivity index (χ0n) is 22.8. The molecule has 1 aliphatic rings. The van der Waals surface area contributed by atoms with E-state index >= 15 is 4.39 Å². The molecule has 3 aromatic rings. The van der Waals surface area contributed by atoms with Crippen molar-refractivity contribution in [2.75, 3.05) is 0 Å². The zero-order chi connectivity index (χ0) is 29.2. The van der Waals surface area contributed by atoms with Crippen LogP contribution in [0.25, 0.3) is 5.76 Å². The van der Waals surface area contributed by atoms with Crippen LogP contribution in [0.2, 0.25) is 5.02 Å². The first-order valence-electron chi connectivity index (χ1n) is 13.3. The van der Waals surface area contributed by atoms with Crippen LogP contribution in [0.5, 0.6) is 5.75 Å². The summed E-state index contributed by atoms with van der Waals surface area (Å²) in [6.07, 6.45) is -3.20. The quantitative estimate of drug-likeness (QED) is 0.225. The molecule has 1 N–H and O–H groups in total. The average molecular weight is 577 g/mol. The fraction of sp³-hybridized carbons (Fsp3) is 0.375. The van der Waals surface area contributed by atoms with Crippen LogP contribution in [0.4, 0.5) is 17.6 Å². The molecule has 0 aromatic heterocycles. The van der Waals surface area contributed by atoms with Crippen molar-refractivity contribution >= 4 is 17.4 Å². The molecule has 0 radical (unpaired) electrons. The highest BCUT2D eigenvalue weighted by Gasteiger charge is 2.36. The monoisotopic (exact) mass is 576 g/mol. The second-order valence-electron chi connectivity index (χ2n) is 10.6. The largest absolute Gasteiger partial charge is 0.455 e. The second-order valence-corrected chi connectivity index (χ2v) is 11.0. The number of ether oxygens (including phenoxy) is 2. The van der Waals surface area contributed by atoms with Crippen LogP contribution in [-0.4, -0.2) is 11.2 Å². The number of allylic oxidation sites excluding steroid dienone is 1. The van der Waals surface area contributed by atoms with Gasteiger partial charge in [-0.15, -0.1) is 0 Å². The van der Waals surface area contributed by atoms with E-state index in [9.17, 15) is 18.3 Å². The smallest absolute Gasteiger partial charge is 0.420 e. The third-order valence-electron chi connectivity index (χ3n) is 7.47. The zero-order valence-corrected chi connectivity index (χ0v) is 23.6. The molecule has 40 heavy (non-hydrogen) atoms. The first-order chi connectivity index (χ1) is 18.9. The van der Waals surface area contributed by atoms with Gasteiger partial charge in [-0.3, -0.25) is 0 Å². The lowest BCUT2D eigenvalue weighted by Crippen LogP contribution is -2.24. The van der Waals surface area contributed by atoms with E-state index in [-0.39, 0.29) is 28.9 Å². The Morgan fingerprint density at radius 3 is 2.40 bits per heavy atom. The van der Waals surface area contributed by atoms with Gasteiger partial charge in [-0.05, 0) is 79.8 Å². The van der Waals surface area contributed by atoms with E-state index in [1.165, 1.54) is 18.2 Å². The van der Waals surface area contributed by atoms with E-state index in [0.29, 0.717) is 35.3 Å². The van der Waals surface area contributed by atoms with Crippen molar-refractivity contribution < 1.29 is 32.1 Å². The van der Waals surface area contributed by atoms with Gasteiger partial charge in [-0.1, -0.05) is 67.9 Å². The number of para-hydroxylation sites is 1. The van der Waals surface area contributed by atoms with Crippen LogP contribution in [0.1, 0.15) is 74.1 Å².